The highest BCUT2D eigenvalue weighted by Crippen LogP contribution is 2.11. The summed E-state index contributed by atoms with van der Waals surface area (Å²) in [5.74, 6) is 1.28. The van der Waals surface area contributed by atoms with Crippen LogP contribution in [0.5, 0.6) is 0 Å². The van der Waals surface area contributed by atoms with Gasteiger partial charge in [0.15, 0.2) is 5.82 Å². The van der Waals surface area contributed by atoms with Crippen molar-refractivity contribution in [3.63, 3.8) is 0 Å². The van der Waals surface area contributed by atoms with E-state index in [2.05, 4.69) is 20.3 Å². The maximum absolute atomic E-state index is 12.5. The van der Waals surface area contributed by atoms with Gasteiger partial charge in [0.2, 0.25) is 11.8 Å². The minimum absolute atomic E-state index is 0.0904. The van der Waals surface area contributed by atoms with Crippen LogP contribution in [0, 0.1) is 6.92 Å². The number of aryl methyl sites for hydroxylation is 1. The Morgan fingerprint density at radius 1 is 1.00 bits per heavy atom. The van der Waals surface area contributed by atoms with Gasteiger partial charge in [0.25, 0.3) is 0 Å². The molecule has 3 heterocycles. The number of aromatic nitrogens is 1. The van der Waals surface area contributed by atoms with E-state index >= 15 is 0 Å². The van der Waals surface area contributed by atoms with Crippen molar-refractivity contribution in [3.05, 3.63) is 11.8 Å². The number of hydrogen-bond acceptors (Lipinski definition) is 6. The lowest BCUT2D eigenvalue weighted by atomic mass is 10.2. The van der Waals surface area contributed by atoms with Gasteiger partial charge >= 0.3 is 0 Å². The Morgan fingerprint density at radius 3 is 2.19 bits per heavy atom. The summed E-state index contributed by atoms with van der Waals surface area (Å²) in [7, 11) is 0. The van der Waals surface area contributed by atoms with Crippen LogP contribution in [0.4, 0.5) is 5.82 Å². The minimum atomic E-state index is -0.0904. The van der Waals surface area contributed by atoms with E-state index in [1.54, 1.807) is 13.0 Å². The van der Waals surface area contributed by atoms with Gasteiger partial charge in [-0.2, -0.15) is 0 Å². The van der Waals surface area contributed by atoms with Gasteiger partial charge in [0.05, 0.1) is 13.1 Å². The molecule has 0 atom stereocenters. The largest absolute Gasteiger partial charge is 0.360 e. The first-order valence-corrected chi connectivity index (χ1v) is 9.56. The molecule has 1 N–H and O–H groups in total. The van der Waals surface area contributed by atoms with Crippen molar-refractivity contribution >= 4 is 17.6 Å². The second kappa shape index (κ2) is 9.14. The van der Waals surface area contributed by atoms with Crippen LogP contribution in [0.3, 0.4) is 0 Å². The topological polar surface area (TPSA) is 81.9 Å². The lowest BCUT2D eigenvalue weighted by Crippen LogP contribution is -2.51. The summed E-state index contributed by atoms with van der Waals surface area (Å²) < 4.78 is 4.94. The van der Waals surface area contributed by atoms with Crippen molar-refractivity contribution in [2.24, 2.45) is 0 Å². The molecular formula is C18H29N5O3. The molecule has 2 fully saturated rings. The van der Waals surface area contributed by atoms with Gasteiger partial charge < -0.3 is 14.7 Å². The number of likely N-dealkylation sites (tertiary alicyclic amines) is 1. The van der Waals surface area contributed by atoms with E-state index in [9.17, 15) is 9.59 Å². The van der Waals surface area contributed by atoms with E-state index in [1.807, 2.05) is 4.90 Å². The molecule has 0 bridgehead atoms. The van der Waals surface area contributed by atoms with Crippen LogP contribution in [0.1, 0.15) is 31.4 Å². The molecule has 2 saturated heterocycles. The van der Waals surface area contributed by atoms with Crippen LogP contribution in [0.25, 0.3) is 0 Å². The van der Waals surface area contributed by atoms with Crippen LogP contribution < -0.4 is 5.32 Å². The predicted octanol–water partition coefficient (Wildman–Crippen LogP) is 0.942. The molecular weight excluding hydrogens is 334 g/mol. The number of piperazine rings is 1. The monoisotopic (exact) mass is 363 g/mol. The predicted molar refractivity (Wildman–Crippen MR) is 97.8 cm³/mol. The molecule has 144 valence electrons. The van der Waals surface area contributed by atoms with Crippen molar-refractivity contribution in [2.75, 3.05) is 57.7 Å². The molecule has 0 saturated carbocycles. The second-order valence-electron chi connectivity index (χ2n) is 7.22. The molecule has 0 spiro atoms. The van der Waals surface area contributed by atoms with Crippen LogP contribution in [0.15, 0.2) is 10.6 Å². The van der Waals surface area contributed by atoms with Crippen molar-refractivity contribution < 1.29 is 14.1 Å². The average molecular weight is 363 g/mol. The Balaban J connectivity index is 1.37. The molecule has 0 radical (unpaired) electrons. The van der Waals surface area contributed by atoms with Crippen LogP contribution in [-0.4, -0.2) is 84.0 Å². The van der Waals surface area contributed by atoms with Gasteiger partial charge in [0, 0.05) is 45.3 Å². The van der Waals surface area contributed by atoms with Crippen molar-refractivity contribution in [1.29, 1.82) is 0 Å². The fourth-order valence-electron chi connectivity index (χ4n) is 3.53. The highest BCUT2D eigenvalue weighted by Gasteiger charge is 2.23. The summed E-state index contributed by atoms with van der Waals surface area (Å²) in [5.41, 5.74) is 0. The molecule has 8 heteroatoms. The summed E-state index contributed by atoms with van der Waals surface area (Å²) in [6, 6.07) is 1.70. The number of hydrogen-bond donors (Lipinski definition) is 1. The summed E-state index contributed by atoms with van der Waals surface area (Å²) in [5, 5.41) is 6.51. The highest BCUT2D eigenvalue weighted by atomic mass is 16.5. The Hall–Kier alpha value is -1.93. The molecule has 1 aromatic heterocycles. The fourth-order valence-corrected chi connectivity index (χ4v) is 3.53. The van der Waals surface area contributed by atoms with E-state index in [-0.39, 0.29) is 11.8 Å². The zero-order chi connectivity index (χ0) is 18.4. The fraction of sp³-hybridized carbons (Fsp3) is 0.722. The Labute approximate surface area is 154 Å². The van der Waals surface area contributed by atoms with Crippen LogP contribution in [-0.2, 0) is 9.59 Å². The molecule has 1 aromatic rings. The third-order valence-corrected chi connectivity index (χ3v) is 5.05. The maximum Gasteiger partial charge on any atom is 0.239 e. The summed E-state index contributed by atoms with van der Waals surface area (Å²) in [6.45, 7) is 7.64. The molecule has 0 unspecified atom stereocenters. The smallest absolute Gasteiger partial charge is 0.239 e. The molecule has 3 rings (SSSR count). The number of nitrogens with one attached hydrogen (secondary N) is 1. The number of carbonyl (C=O) groups excluding carboxylic acids is 2. The Kier molecular flexibility index (Phi) is 6.62. The minimum Gasteiger partial charge on any atom is -0.360 e. The number of amides is 2. The first-order chi connectivity index (χ1) is 12.6. The number of nitrogens with zero attached hydrogens (tertiary/aromatic N) is 4. The zero-order valence-corrected chi connectivity index (χ0v) is 15.6. The number of rotatable bonds is 5. The third kappa shape index (κ3) is 5.54. The molecule has 2 aliphatic rings. The average Bonchev–Trinajstić information content (AvgIpc) is 2.86. The van der Waals surface area contributed by atoms with E-state index in [0.29, 0.717) is 24.7 Å². The van der Waals surface area contributed by atoms with E-state index in [1.165, 1.54) is 12.8 Å². The molecule has 2 aliphatic heterocycles. The summed E-state index contributed by atoms with van der Waals surface area (Å²) >= 11 is 0. The van der Waals surface area contributed by atoms with Crippen LogP contribution >= 0.6 is 0 Å². The Bertz CT molecular complexity index is 602. The second-order valence-corrected chi connectivity index (χ2v) is 7.22. The van der Waals surface area contributed by atoms with E-state index < -0.39 is 0 Å². The van der Waals surface area contributed by atoms with Gasteiger partial charge in [-0.05, 0) is 19.8 Å². The van der Waals surface area contributed by atoms with Crippen molar-refractivity contribution in [2.45, 2.75) is 32.6 Å². The maximum atomic E-state index is 12.5. The van der Waals surface area contributed by atoms with Gasteiger partial charge in [-0.3, -0.25) is 19.4 Å². The first kappa shape index (κ1) is 18.8. The quantitative estimate of drug-likeness (QED) is 0.839. The molecule has 0 aliphatic carbocycles. The SMILES string of the molecule is Cc1cc(NC(=O)CN2CCN(CC(=O)N3CCCCCC3)CC2)no1. The molecule has 8 nitrogen and oxygen atoms in total. The summed E-state index contributed by atoms with van der Waals surface area (Å²) in [4.78, 5) is 30.9. The number of anilines is 1. The van der Waals surface area contributed by atoms with Crippen molar-refractivity contribution in [1.82, 2.24) is 19.9 Å². The molecule has 26 heavy (non-hydrogen) atoms. The van der Waals surface area contributed by atoms with E-state index in [0.717, 1.165) is 52.1 Å². The van der Waals surface area contributed by atoms with Gasteiger partial charge in [0.1, 0.15) is 5.76 Å². The van der Waals surface area contributed by atoms with E-state index in [4.69, 9.17) is 4.52 Å². The first-order valence-electron chi connectivity index (χ1n) is 9.56. The number of carbonyl (C=O) groups is 2. The molecule has 0 aromatic carbocycles. The lowest BCUT2D eigenvalue weighted by molar-refractivity contribution is -0.133. The van der Waals surface area contributed by atoms with Gasteiger partial charge in [-0.25, -0.2) is 0 Å². The van der Waals surface area contributed by atoms with Gasteiger partial charge in [-0.15, -0.1) is 0 Å². The Morgan fingerprint density at radius 2 is 1.62 bits per heavy atom. The standard InChI is InChI=1S/C18H29N5O3/c1-15-12-16(20-26-15)19-17(24)13-21-8-10-22(11-9-21)14-18(25)23-6-4-2-3-5-7-23/h12H,2-11,13-14H2,1H3,(H,19,20,24). The highest BCUT2D eigenvalue weighted by molar-refractivity contribution is 5.91. The molecule has 2 amide bonds. The lowest BCUT2D eigenvalue weighted by Gasteiger charge is -2.34. The van der Waals surface area contributed by atoms with Crippen molar-refractivity contribution in [3.8, 4) is 0 Å². The van der Waals surface area contributed by atoms with Gasteiger partial charge in [-0.1, -0.05) is 18.0 Å². The normalized spacial score (nSPS) is 20.0. The zero-order valence-electron chi connectivity index (χ0n) is 15.6. The summed E-state index contributed by atoms with van der Waals surface area (Å²) in [6.07, 6.45) is 4.72. The van der Waals surface area contributed by atoms with Crippen LogP contribution in [0.2, 0.25) is 0 Å². The third-order valence-electron chi connectivity index (χ3n) is 5.05.